The molecule has 3 aliphatic heterocycles. The number of ether oxygens (including phenoxy) is 1. The lowest BCUT2D eigenvalue weighted by Gasteiger charge is -2.51. The minimum Gasteiger partial charge on any atom is -0.748 e. The van der Waals surface area contributed by atoms with Crippen molar-refractivity contribution in [2.45, 2.75) is 108 Å². The maximum Gasteiger partial charge on any atom is 0.352 e. The first-order valence-electron chi connectivity index (χ1n) is 15.5. The van der Waals surface area contributed by atoms with E-state index in [0.717, 1.165) is 62.5 Å². The van der Waals surface area contributed by atoms with Crippen LogP contribution < -0.4 is 0 Å². The molecule has 3 saturated heterocycles. The molecule has 0 radical (unpaired) electrons. The first-order chi connectivity index (χ1) is 19.7. The number of hydrogen-bond donors (Lipinski definition) is 1. The average molecular weight is 586 g/mol. The zero-order valence-electron chi connectivity index (χ0n) is 24.5. The van der Waals surface area contributed by atoms with E-state index in [4.69, 9.17) is 4.74 Å². The van der Waals surface area contributed by atoms with Crippen LogP contribution in [0.3, 0.4) is 0 Å². The van der Waals surface area contributed by atoms with Crippen LogP contribution in [0, 0.1) is 0 Å². The van der Waals surface area contributed by atoms with Gasteiger partial charge < -0.3 is 14.4 Å². The normalized spacial score (nSPS) is 23.1. The quantitative estimate of drug-likeness (QED) is 0.150. The second-order valence-electron chi connectivity index (χ2n) is 12.1. The van der Waals surface area contributed by atoms with Crippen LogP contribution in [0.4, 0.5) is 0 Å². The molecular weight excluding hydrogens is 538 g/mol. The second-order valence-corrected chi connectivity index (χ2v) is 13.6. The summed E-state index contributed by atoms with van der Waals surface area (Å²) in [5.41, 5.74) is -1.14. The minimum absolute atomic E-state index is 0.195. The molecule has 0 aliphatic carbocycles. The summed E-state index contributed by atoms with van der Waals surface area (Å²) in [6.07, 6.45) is 13.7. The fraction of sp³-hybridized carbons (Fsp3) is 0.606. The number of benzene rings is 2. The van der Waals surface area contributed by atoms with E-state index < -0.39 is 27.4 Å². The smallest absolute Gasteiger partial charge is 0.352 e. The summed E-state index contributed by atoms with van der Waals surface area (Å²) in [5.74, 6) is -0.721. The van der Waals surface area contributed by atoms with Crippen molar-refractivity contribution >= 4 is 16.1 Å². The van der Waals surface area contributed by atoms with Crippen LogP contribution in [0.5, 0.6) is 0 Å². The van der Waals surface area contributed by atoms with E-state index >= 15 is 0 Å². The summed E-state index contributed by atoms with van der Waals surface area (Å²) in [6.45, 7) is 4.34. The molecule has 2 atom stereocenters. The van der Waals surface area contributed by atoms with Crippen LogP contribution in [0.25, 0.3) is 0 Å². The lowest BCUT2D eigenvalue weighted by atomic mass is 9.86. The molecule has 3 aliphatic rings. The van der Waals surface area contributed by atoms with Gasteiger partial charge in [-0.3, -0.25) is 4.48 Å². The molecule has 0 amide bonds. The van der Waals surface area contributed by atoms with Gasteiger partial charge in [0, 0.05) is 37.9 Å². The van der Waals surface area contributed by atoms with E-state index in [1.54, 1.807) is 0 Å². The number of esters is 1. The van der Waals surface area contributed by atoms with Gasteiger partial charge in [-0.15, -0.1) is 0 Å². The van der Waals surface area contributed by atoms with Crippen molar-refractivity contribution in [3.63, 3.8) is 0 Å². The number of aliphatic hydroxyl groups is 1. The molecule has 1 N–H and O–H groups in total. The zero-order chi connectivity index (χ0) is 29.4. The molecule has 0 saturated carbocycles. The van der Waals surface area contributed by atoms with E-state index in [1.165, 1.54) is 32.1 Å². The molecule has 1 spiro atoms. The second kappa shape index (κ2) is 13.8. The van der Waals surface area contributed by atoms with Gasteiger partial charge in [-0.05, 0) is 30.4 Å². The molecule has 226 valence electrons. The van der Waals surface area contributed by atoms with E-state index in [0.29, 0.717) is 23.6 Å². The van der Waals surface area contributed by atoms with Gasteiger partial charge in [0.25, 0.3) is 0 Å². The number of carbonyl (C=O) groups is 1. The van der Waals surface area contributed by atoms with E-state index in [-0.39, 0.29) is 5.75 Å². The molecule has 41 heavy (non-hydrogen) atoms. The van der Waals surface area contributed by atoms with Crippen LogP contribution in [0.1, 0.15) is 102 Å². The molecule has 5 rings (SSSR count). The molecule has 2 unspecified atom stereocenters. The van der Waals surface area contributed by atoms with Crippen molar-refractivity contribution in [2.24, 2.45) is 0 Å². The van der Waals surface area contributed by atoms with Gasteiger partial charge in [-0.2, -0.15) is 0 Å². The van der Waals surface area contributed by atoms with Gasteiger partial charge in [-0.25, -0.2) is 13.2 Å². The monoisotopic (exact) mass is 585 g/mol. The highest BCUT2D eigenvalue weighted by Gasteiger charge is 2.66. The average Bonchev–Trinajstić information content (AvgIpc) is 3.50. The SMILES string of the molecule is CCCCCCCCS(=O)(=O)[O-].O=C(OC12CCCC(CC1)[N+]21CCCC1)C(O)(c1ccccc1)c1ccccc1. The maximum absolute atomic E-state index is 13.8. The number of unbranched alkanes of at least 4 members (excludes halogenated alkanes) is 5. The van der Waals surface area contributed by atoms with E-state index in [9.17, 15) is 22.9 Å². The van der Waals surface area contributed by atoms with Gasteiger partial charge in [-0.1, -0.05) is 99.7 Å². The predicted octanol–water partition coefficient (Wildman–Crippen LogP) is 6.01. The fourth-order valence-electron chi connectivity index (χ4n) is 7.48. The Kier molecular flexibility index (Phi) is 10.7. The summed E-state index contributed by atoms with van der Waals surface area (Å²) in [4.78, 5) is 13.8. The molecule has 0 aromatic heterocycles. The van der Waals surface area contributed by atoms with Gasteiger partial charge >= 0.3 is 5.97 Å². The Morgan fingerprint density at radius 1 is 0.902 bits per heavy atom. The molecule has 3 heterocycles. The molecule has 2 aromatic rings. The van der Waals surface area contributed by atoms with Crippen LogP contribution >= 0.6 is 0 Å². The fourth-order valence-corrected chi connectivity index (χ4v) is 8.04. The third-order valence-electron chi connectivity index (χ3n) is 9.56. The first kappa shape index (κ1) is 31.7. The highest BCUT2D eigenvalue weighted by molar-refractivity contribution is 7.85. The summed E-state index contributed by atoms with van der Waals surface area (Å²) in [6, 6.07) is 19.1. The van der Waals surface area contributed by atoms with Crippen molar-refractivity contribution in [1.29, 1.82) is 0 Å². The summed E-state index contributed by atoms with van der Waals surface area (Å²) in [7, 11) is -3.97. The highest BCUT2D eigenvalue weighted by Crippen LogP contribution is 2.54. The molecule has 7 nitrogen and oxygen atoms in total. The molecule has 3 fully saturated rings. The standard InChI is InChI=1S/C25H30NO3.C8H18O3S/c27-23(25(28,20-10-3-1-4-11-20)21-12-5-2-6-13-21)29-24-16-9-14-22(15-17-24)26(24)18-7-8-19-26;1-2-3-4-5-6-7-8-12(9,10)11/h1-6,10-13,22,28H,7-9,14-19H2;2-8H2,1H3,(H,9,10,11)/q+1;/p-1. The van der Waals surface area contributed by atoms with Gasteiger partial charge in [0.1, 0.15) is 0 Å². The van der Waals surface area contributed by atoms with Crippen molar-refractivity contribution in [1.82, 2.24) is 0 Å². The third kappa shape index (κ3) is 7.04. The Balaban J connectivity index is 0.000000275. The van der Waals surface area contributed by atoms with Crippen LogP contribution in [-0.4, -0.2) is 59.1 Å². The van der Waals surface area contributed by atoms with Crippen molar-refractivity contribution in [3.8, 4) is 0 Å². The van der Waals surface area contributed by atoms with Crippen molar-refractivity contribution < 1.29 is 32.1 Å². The predicted molar refractivity (Wildman–Crippen MR) is 159 cm³/mol. The minimum atomic E-state index is -3.97. The zero-order valence-corrected chi connectivity index (χ0v) is 25.3. The third-order valence-corrected chi connectivity index (χ3v) is 10.3. The highest BCUT2D eigenvalue weighted by atomic mass is 32.2. The number of nitrogens with zero attached hydrogens (tertiary/aromatic N) is 1. The molecular formula is C33H47NO6S. The van der Waals surface area contributed by atoms with Gasteiger partial charge in [0.2, 0.25) is 11.3 Å². The van der Waals surface area contributed by atoms with Crippen LogP contribution in [0.15, 0.2) is 60.7 Å². The number of carbonyl (C=O) groups excluding carboxylic acids is 1. The number of rotatable bonds is 11. The Morgan fingerprint density at radius 3 is 2.02 bits per heavy atom. The Bertz CT molecular complexity index is 1170. The molecule has 8 heteroatoms. The van der Waals surface area contributed by atoms with Crippen molar-refractivity contribution in [3.05, 3.63) is 71.8 Å². The maximum atomic E-state index is 13.8. The van der Waals surface area contributed by atoms with Crippen LogP contribution in [-0.2, 0) is 25.3 Å². The lowest BCUT2D eigenvalue weighted by molar-refractivity contribution is -0.999. The molecule has 2 bridgehead atoms. The largest absolute Gasteiger partial charge is 0.748 e. The van der Waals surface area contributed by atoms with E-state index in [1.807, 2.05) is 60.7 Å². The van der Waals surface area contributed by atoms with Crippen molar-refractivity contribution in [2.75, 3.05) is 18.8 Å². The Hall–Kier alpha value is -2.26. The topological polar surface area (TPSA) is 104 Å². The van der Waals surface area contributed by atoms with E-state index in [2.05, 4.69) is 6.92 Å². The Labute approximate surface area is 246 Å². The molecule has 2 aromatic carbocycles. The lowest BCUT2D eigenvalue weighted by Crippen LogP contribution is -2.67. The van der Waals surface area contributed by atoms with Gasteiger partial charge in [0.15, 0.2) is 0 Å². The van der Waals surface area contributed by atoms with Crippen LogP contribution in [0.2, 0.25) is 0 Å². The summed E-state index contributed by atoms with van der Waals surface area (Å²) in [5, 5.41) is 11.8. The number of hydrogen-bond acceptors (Lipinski definition) is 6. The summed E-state index contributed by atoms with van der Waals surface area (Å²) < 4.78 is 37.9. The number of piperidine rings is 1. The Morgan fingerprint density at radius 2 is 1.46 bits per heavy atom. The first-order valence-corrected chi connectivity index (χ1v) is 17.1. The summed E-state index contributed by atoms with van der Waals surface area (Å²) >= 11 is 0. The van der Waals surface area contributed by atoms with Gasteiger partial charge in [0.05, 0.1) is 29.2 Å². The number of quaternary nitrogens is 1.